The summed E-state index contributed by atoms with van der Waals surface area (Å²) in [5.41, 5.74) is 0. The molecule has 3 nitrogen and oxygen atoms in total. The van der Waals surface area contributed by atoms with Crippen LogP contribution in [-0.2, 0) is 6.54 Å². The molecule has 1 aliphatic heterocycles. The number of nitrogens with one attached hydrogen (secondary N) is 1. The number of nitrogens with zero attached hydrogens (tertiary/aromatic N) is 1. The minimum Gasteiger partial charge on any atom is -0.494 e. The van der Waals surface area contributed by atoms with Crippen molar-refractivity contribution in [2.75, 3.05) is 19.7 Å². The van der Waals surface area contributed by atoms with Gasteiger partial charge in [0.1, 0.15) is 5.75 Å². The molecule has 3 rings (SSSR count). The van der Waals surface area contributed by atoms with Gasteiger partial charge in [-0.15, -0.1) is 0 Å². The zero-order valence-electron chi connectivity index (χ0n) is 11.6. The standard InChI is InChI=1S/C16H22N2O/c1-2-19-16-4-3-14-11-18(12-15(14)9-16)10-13-5-7-17-8-6-13/h3-4,9,11-13,17H,2,5-8,10H2,1H3. The molecule has 0 bridgehead atoms. The van der Waals surface area contributed by atoms with Crippen LogP contribution in [0.15, 0.2) is 30.6 Å². The molecule has 0 amide bonds. The molecule has 102 valence electrons. The Balaban J connectivity index is 1.76. The molecule has 0 unspecified atom stereocenters. The molecule has 0 spiro atoms. The number of benzene rings is 1. The Hall–Kier alpha value is -1.48. The maximum absolute atomic E-state index is 5.56. The first-order valence-corrected chi connectivity index (χ1v) is 7.28. The number of hydrogen-bond acceptors (Lipinski definition) is 2. The van der Waals surface area contributed by atoms with Gasteiger partial charge in [-0.1, -0.05) is 0 Å². The number of aromatic nitrogens is 1. The summed E-state index contributed by atoms with van der Waals surface area (Å²) in [5.74, 6) is 1.78. The molecule has 3 heteroatoms. The van der Waals surface area contributed by atoms with Gasteiger partial charge in [-0.25, -0.2) is 0 Å². The van der Waals surface area contributed by atoms with E-state index < -0.39 is 0 Å². The lowest BCUT2D eigenvalue weighted by molar-refractivity contribution is 0.334. The average Bonchev–Trinajstić information content (AvgIpc) is 2.82. The van der Waals surface area contributed by atoms with Crippen LogP contribution in [0, 0.1) is 5.92 Å². The minimum absolute atomic E-state index is 0.724. The maximum atomic E-state index is 5.56. The first kappa shape index (κ1) is 12.5. The first-order valence-electron chi connectivity index (χ1n) is 7.28. The van der Waals surface area contributed by atoms with E-state index in [1.807, 2.05) is 6.92 Å². The maximum Gasteiger partial charge on any atom is 0.119 e. The highest BCUT2D eigenvalue weighted by Crippen LogP contribution is 2.23. The van der Waals surface area contributed by atoms with Crippen LogP contribution in [0.1, 0.15) is 19.8 Å². The van der Waals surface area contributed by atoms with Crippen molar-refractivity contribution in [2.45, 2.75) is 26.3 Å². The summed E-state index contributed by atoms with van der Waals surface area (Å²) in [6.45, 7) is 6.22. The molecule has 1 aliphatic rings. The Kier molecular flexibility index (Phi) is 3.74. The van der Waals surface area contributed by atoms with E-state index in [1.54, 1.807) is 0 Å². The molecule has 1 aromatic heterocycles. The SMILES string of the molecule is CCOc1ccc2cn(CC3CCNCC3)cc2c1. The number of rotatable bonds is 4. The molecule has 0 radical (unpaired) electrons. The average molecular weight is 258 g/mol. The zero-order valence-corrected chi connectivity index (χ0v) is 11.6. The topological polar surface area (TPSA) is 26.2 Å². The van der Waals surface area contributed by atoms with Crippen molar-refractivity contribution in [1.29, 1.82) is 0 Å². The van der Waals surface area contributed by atoms with Crippen molar-refractivity contribution in [3.8, 4) is 5.75 Å². The second-order valence-electron chi connectivity index (χ2n) is 5.37. The van der Waals surface area contributed by atoms with Gasteiger partial charge in [-0.05, 0) is 62.4 Å². The van der Waals surface area contributed by atoms with Crippen molar-refractivity contribution in [1.82, 2.24) is 9.88 Å². The Morgan fingerprint density at radius 2 is 2.00 bits per heavy atom. The first-order chi connectivity index (χ1) is 9.35. The summed E-state index contributed by atoms with van der Waals surface area (Å²) in [6.07, 6.45) is 7.09. The lowest BCUT2D eigenvalue weighted by Crippen LogP contribution is -2.29. The molecule has 0 aliphatic carbocycles. The summed E-state index contributed by atoms with van der Waals surface area (Å²) in [6, 6.07) is 6.34. The zero-order chi connectivity index (χ0) is 13.1. The molecule has 2 heterocycles. The van der Waals surface area contributed by atoms with Crippen LogP contribution < -0.4 is 10.1 Å². The van der Waals surface area contributed by atoms with Gasteiger partial charge in [0, 0.05) is 24.3 Å². The molecule has 1 saturated heterocycles. The number of hydrogen-bond donors (Lipinski definition) is 1. The van der Waals surface area contributed by atoms with Crippen LogP contribution in [0.25, 0.3) is 10.8 Å². The van der Waals surface area contributed by atoms with E-state index in [2.05, 4.69) is 40.5 Å². The van der Waals surface area contributed by atoms with Gasteiger partial charge in [-0.3, -0.25) is 0 Å². The van der Waals surface area contributed by atoms with Gasteiger partial charge in [0.05, 0.1) is 6.61 Å². The molecule has 1 fully saturated rings. The van der Waals surface area contributed by atoms with E-state index in [9.17, 15) is 0 Å². The second-order valence-corrected chi connectivity index (χ2v) is 5.37. The van der Waals surface area contributed by atoms with Crippen molar-refractivity contribution in [3.05, 3.63) is 30.6 Å². The Morgan fingerprint density at radius 1 is 1.21 bits per heavy atom. The molecule has 19 heavy (non-hydrogen) atoms. The summed E-state index contributed by atoms with van der Waals surface area (Å²) < 4.78 is 7.90. The number of fused-ring (bicyclic) bond motifs is 1. The fraction of sp³-hybridized carbons (Fsp3) is 0.500. The van der Waals surface area contributed by atoms with Gasteiger partial charge in [0.15, 0.2) is 0 Å². The summed E-state index contributed by atoms with van der Waals surface area (Å²) in [7, 11) is 0. The lowest BCUT2D eigenvalue weighted by atomic mass is 9.98. The van der Waals surface area contributed by atoms with E-state index >= 15 is 0 Å². The highest BCUT2D eigenvalue weighted by molar-refractivity contribution is 5.83. The molecular weight excluding hydrogens is 236 g/mol. The molecule has 1 N–H and O–H groups in total. The van der Waals surface area contributed by atoms with Gasteiger partial charge in [0.2, 0.25) is 0 Å². The number of ether oxygens (including phenoxy) is 1. The van der Waals surface area contributed by atoms with E-state index in [0.29, 0.717) is 0 Å². The summed E-state index contributed by atoms with van der Waals surface area (Å²) in [5, 5.41) is 6.00. The van der Waals surface area contributed by atoms with E-state index in [0.717, 1.165) is 24.8 Å². The largest absolute Gasteiger partial charge is 0.494 e. The fourth-order valence-electron chi connectivity index (χ4n) is 2.90. The smallest absolute Gasteiger partial charge is 0.119 e. The van der Waals surface area contributed by atoms with Crippen molar-refractivity contribution in [2.24, 2.45) is 5.92 Å². The van der Waals surface area contributed by atoms with Crippen molar-refractivity contribution < 1.29 is 4.74 Å². The van der Waals surface area contributed by atoms with Crippen LogP contribution in [0.4, 0.5) is 0 Å². The van der Waals surface area contributed by atoms with E-state index in [4.69, 9.17) is 4.74 Å². The van der Waals surface area contributed by atoms with Gasteiger partial charge >= 0.3 is 0 Å². The molecule has 0 saturated carbocycles. The summed E-state index contributed by atoms with van der Waals surface area (Å²) in [4.78, 5) is 0. The molecular formula is C16H22N2O. The summed E-state index contributed by atoms with van der Waals surface area (Å²) >= 11 is 0. The fourth-order valence-corrected chi connectivity index (χ4v) is 2.90. The van der Waals surface area contributed by atoms with Crippen molar-refractivity contribution in [3.63, 3.8) is 0 Å². The number of piperidine rings is 1. The monoisotopic (exact) mass is 258 g/mol. The van der Waals surface area contributed by atoms with Gasteiger partial charge < -0.3 is 14.6 Å². The van der Waals surface area contributed by atoms with Crippen LogP contribution in [0.3, 0.4) is 0 Å². The third-order valence-corrected chi connectivity index (χ3v) is 3.91. The molecule has 0 atom stereocenters. The Labute approximate surface area is 114 Å². The predicted octanol–water partition coefficient (Wildman–Crippen LogP) is 3.04. The highest BCUT2D eigenvalue weighted by atomic mass is 16.5. The van der Waals surface area contributed by atoms with Crippen LogP contribution in [0.2, 0.25) is 0 Å². The Morgan fingerprint density at radius 3 is 2.79 bits per heavy atom. The Bertz CT molecular complexity index is 541. The quantitative estimate of drug-likeness (QED) is 0.912. The van der Waals surface area contributed by atoms with Gasteiger partial charge in [-0.2, -0.15) is 0 Å². The third-order valence-electron chi connectivity index (χ3n) is 3.91. The lowest BCUT2D eigenvalue weighted by Gasteiger charge is -2.22. The van der Waals surface area contributed by atoms with Crippen LogP contribution in [-0.4, -0.2) is 24.3 Å². The normalized spacial score (nSPS) is 16.9. The van der Waals surface area contributed by atoms with E-state index in [1.165, 1.54) is 36.7 Å². The third kappa shape index (κ3) is 2.92. The molecule has 1 aromatic carbocycles. The minimum atomic E-state index is 0.724. The highest BCUT2D eigenvalue weighted by Gasteiger charge is 2.13. The van der Waals surface area contributed by atoms with Crippen LogP contribution >= 0.6 is 0 Å². The van der Waals surface area contributed by atoms with Gasteiger partial charge in [0.25, 0.3) is 0 Å². The predicted molar refractivity (Wildman–Crippen MR) is 78.7 cm³/mol. The van der Waals surface area contributed by atoms with Crippen LogP contribution in [0.5, 0.6) is 5.75 Å². The van der Waals surface area contributed by atoms with Crippen molar-refractivity contribution >= 4 is 10.8 Å². The molecule has 2 aromatic rings. The second kappa shape index (κ2) is 5.66. The van der Waals surface area contributed by atoms with E-state index in [-0.39, 0.29) is 0 Å².